The minimum Gasteiger partial charge on any atom is -0.385 e. The Balaban J connectivity index is 2.49. The van der Waals surface area contributed by atoms with Crippen LogP contribution in [0.25, 0.3) is 0 Å². The third-order valence-corrected chi connectivity index (χ3v) is 2.77. The van der Waals surface area contributed by atoms with E-state index in [0.29, 0.717) is 13.2 Å². The number of methoxy groups -OCH3 is 1. The maximum atomic E-state index is 11.9. The second kappa shape index (κ2) is 7.48. The molecule has 0 aromatic heterocycles. The largest absolute Gasteiger partial charge is 0.385 e. The molecular formula is C13H18N2O4. The maximum Gasteiger partial charge on any atom is 0.269 e. The predicted octanol–water partition coefficient (Wildman–Crippen LogP) is 1.63. The molecule has 0 aliphatic heterocycles. The average molecular weight is 266 g/mol. The summed E-state index contributed by atoms with van der Waals surface area (Å²) in [5.74, 6) is -0.00930. The molecule has 0 spiro atoms. The van der Waals surface area contributed by atoms with Gasteiger partial charge in [-0.05, 0) is 12.0 Å². The number of hydrogen-bond donors (Lipinski definition) is 0. The molecule has 1 rings (SSSR count). The van der Waals surface area contributed by atoms with Gasteiger partial charge in [0, 0.05) is 39.4 Å². The van der Waals surface area contributed by atoms with Crippen molar-refractivity contribution in [3.63, 3.8) is 0 Å². The summed E-state index contributed by atoms with van der Waals surface area (Å²) in [7, 11) is 3.36. The summed E-state index contributed by atoms with van der Waals surface area (Å²) in [4.78, 5) is 23.6. The Labute approximate surface area is 112 Å². The molecule has 6 heteroatoms. The van der Waals surface area contributed by atoms with Gasteiger partial charge < -0.3 is 9.64 Å². The molecular weight excluding hydrogens is 248 g/mol. The number of amides is 1. The van der Waals surface area contributed by atoms with Gasteiger partial charge in [-0.1, -0.05) is 12.1 Å². The summed E-state index contributed by atoms with van der Waals surface area (Å²) >= 11 is 0. The highest BCUT2D eigenvalue weighted by atomic mass is 16.6. The van der Waals surface area contributed by atoms with Crippen LogP contribution in [0.1, 0.15) is 12.0 Å². The van der Waals surface area contributed by atoms with Gasteiger partial charge in [-0.25, -0.2) is 0 Å². The second-order valence-electron chi connectivity index (χ2n) is 4.26. The zero-order valence-corrected chi connectivity index (χ0v) is 11.2. The van der Waals surface area contributed by atoms with Crippen molar-refractivity contribution >= 4 is 11.6 Å². The van der Waals surface area contributed by atoms with E-state index in [1.54, 1.807) is 31.2 Å². The van der Waals surface area contributed by atoms with Crippen molar-refractivity contribution in [2.75, 3.05) is 27.3 Å². The second-order valence-corrected chi connectivity index (χ2v) is 4.26. The zero-order chi connectivity index (χ0) is 14.3. The van der Waals surface area contributed by atoms with E-state index < -0.39 is 4.92 Å². The molecule has 0 saturated carbocycles. The monoisotopic (exact) mass is 266 g/mol. The molecule has 1 aromatic carbocycles. The topological polar surface area (TPSA) is 72.7 Å². The van der Waals surface area contributed by atoms with E-state index in [1.165, 1.54) is 12.1 Å². The molecule has 0 radical (unpaired) electrons. The third kappa shape index (κ3) is 5.05. The lowest BCUT2D eigenvalue weighted by Gasteiger charge is -2.16. The first kappa shape index (κ1) is 15.1. The Hall–Kier alpha value is -1.95. The van der Waals surface area contributed by atoms with Crippen LogP contribution in [0, 0.1) is 10.1 Å². The van der Waals surface area contributed by atoms with E-state index in [1.807, 2.05) is 0 Å². The number of carbonyl (C=O) groups excluding carboxylic acids is 1. The van der Waals surface area contributed by atoms with Crippen LogP contribution in [0.15, 0.2) is 24.3 Å². The summed E-state index contributed by atoms with van der Waals surface area (Å²) in [6.45, 7) is 1.26. The molecule has 1 aromatic rings. The summed E-state index contributed by atoms with van der Waals surface area (Å²) in [5.41, 5.74) is 0.804. The fourth-order valence-corrected chi connectivity index (χ4v) is 1.62. The van der Waals surface area contributed by atoms with Crippen LogP contribution < -0.4 is 0 Å². The minimum absolute atomic E-state index is 0.00930. The fraction of sp³-hybridized carbons (Fsp3) is 0.462. The minimum atomic E-state index is -0.456. The highest BCUT2D eigenvalue weighted by Gasteiger charge is 2.10. The van der Waals surface area contributed by atoms with Crippen molar-refractivity contribution in [3.05, 3.63) is 39.9 Å². The van der Waals surface area contributed by atoms with E-state index in [-0.39, 0.29) is 18.0 Å². The number of hydrogen-bond acceptors (Lipinski definition) is 4. The van der Waals surface area contributed by atoms with Crippen LogP contribution in [0.3, 0.4) is 0 Å². The van der Waals surface area contributed by atoms with Gasteiger partial charge in [-0.3, -0.25) is 14.9 Å². The Bertz CT molecular complexity index is 431. The predicted molar refractivity (Wildman–Crippen MR) is 70.9 cm³/mol. The highest BCUT2D eigenvalue weighted by Crippen LogP contribution is 2.12. The summed E-state index contributed by atoms with van der Waals surface area (Å²) in [5, 5.41) is 10.5. The number of likely N-dealkylation sites (N-methyl/N-ethyl adjacent to an activating group) is 1. The number of non-ortho nitro benzene ring substituents is 1. The van der Waals surface area contributed by atoms with Gasteiger partial charge in [-0.2, -0.15) is 0 Å². The lowest BCUT2D eigenvalue weighted by atomic mass is 10.1. The van der Waals surface area contributed by atoms with Gasteiger partial charge in [0.05, 0.1) is 11.3 Å². The van der Waals surface area contributed by atoms with Crippen molar-refractivity contribution in [2.24, 2.45) is 0 Å². The molecule has 0 aliphatic rings. The van der Waals surface area contributed by atoms with E-state index in [4.69, 9.17) is 4.74 Å². The van der Waals surface area contributed by atoms with Gasteiger partial charge in [-0.15, -0.1) is 0 Å². The summed E-state index contributed by atoms with van der Waals surface area (Å²) < 4.78 is 4.92. The lowest BCUT2D eigenvalue weighted by molar-refractivity contribution is -0.384. The van der Waals surface area contributed by atoms with Crippen molar-refractivity contribution in [2.45, 2.75) is 12.8 Å². The number of rotatable bonds is 7. The Morgan fingerprint density at radius 3 is 2.53 bits per heavy atom. The molecule has 19 heavy (non-hydrogen) atoms. The zero-order valence-electron chi connectivity index (χ0n) is 11.2. The van der Waals surface area contributed by atoms with Gasteiger partial charge in [0.15, 0.2) is 0 Å². The van der Waals surface area contributed by atoms with Crippen molar-refractivity contribution in [1.82, 2.24) is 4.90 Å². The molecule has 0 fully saturated rings. The average Bonchev–Trinajstić information content (AvgIpc) is 2.39. The first-order chi connectivity index (χ1) is 9.04. The van der Waals surface area contributed by atoms with E-state index in [9.17, 15) is 14.9 Å². The highest BCUT2D eigenvalue weighted by molar-refractivity contribution is 5.78. The lowest BCUT2D eigenvalue weighted by Crippen LogP contribution is -2.29. The number of nitrogens with zero attached hydrogens (tertiary/aromatic N) is 2. The van der Waals surface area contributed by atoms with Gasteiger partial charge in [0.25, 0.3) is 5.69 Å². The molecule has 0 N–H and O–H groups in total. The smallest absolute Gasteiger partial charge is 0.269 e. The SMILES string of the molecule is COCCCN(C)C(=O)Cc1ccc([N+](=O)[O-])cc1. The summed E-state index contributed by atoms with van der Waals surface area (Å²) in [6.07, 6.45) is 1.04. The van der Waals surface area contributed by atoms with Crippen molar-refractivity contribution in [1.29, 1.82) is 0 Å². The van der Waals surface area contributed by atoms with Crippen LogP contribution in [0.4, 0.5) is 5.69 Å². The van der Waals surface area contributed by atoms with Crippen LogP contribution in [-0.2, 0) is 16.0 Å². The summed E-state index contributed by atoms with van der Waals surface area (Å²) in [6, 6.07) is 6.04. The molecule has 1 amide bonds. The van der Waals surface area contributed by atoms with Crippen LogP contribution >= 0.6 is 0 Å². The van der Waals surface area contributed by atoms with Gasteiger partial charge >= 0.3 is 0 Å². The van der Waals surface area contributed by atoms with Crippen LogP contribution in [-0.4, -0.2) is 43.0 Å². The van der Waals surface area contributed by atoms with E-state index in [2.05, 4.69) is 0 Å². The molecule has 0 heterocycles. The number of benzene rings is 1. The quantitative estimate of drug-likeness (QED) is 0.427. The standard InChI is InChI=1S/C13H18N2O4/c1-14(8-3-9-19-2)13(16)10-11-4-6-12(7-5-11)15(17)18/h4-7H,3,8-10H2,1-2H3. The number of ether oxygens (including phenoxy) is 1. The molecule has 0 bridgehead atoms. The Morgan fingerprint density at radius 2 is 2.00 bits per heavy atom. The third-order valence-electron chi connectivity index (χ3n) is 2.77. The normalized spacial score (nSPS) is 10.2. The number of nitro benzene ring substituents is 1. The molecule has 0 unspecified atom stereocenters. The first-order valence-electron chi connectivity index (χ1n) is 6.01. The Kier molecular flexibility index (Phi) is 5.95. The Morgan fingerprint density at radius 1 is 1.37 bits per heavy atom. The van der Waals surface area contributed by atoms with Gasteiger partial charge in [0.2, 0.25) is 5.91 Å². The molecule has 0 aliphatic carbocycles. The fourth-order valence-electron chi connectivity index (χ4n) is 1.62. The van der Waals surface area contributed by atoms with Gasteiger partial charge in [0.1, 0.15) is 0 Å². The molecule has 0 atom stereocenters. The number of carbonyl (C=O) groups is 1. The maximum absolute atomic E-state index is 11.9. The first-order valence-corrected chi connectivity index (χ1v) is 6.01. The van der Waals surface area contributed by atoms with Crippen molar-refractivity contribution < 1.29 is 14.5 Å². The van der Waals surface area contributed by atoms with E-state index in [0.717, 1.165) is 12.0 Å². The van der Waals surface area contributed by atoms with Crippen LogP contribution in [0.2, 0.25) is 0 Å². The number of nitro groups is 1. The molecule has 6 nitrogen and oxygen atoms in total. The molecule has 0 saturated heterocycles. The van der Waals surface area contributed by atoms with Crippen molar-refractivity contribution in [3.8, 4) is 0 Å². The van der Waals surface area contributed by atoms with Crippen LogP contribution in [0.5, 0.6) is 0 Å². The van der Waals surface area contributed by atoms with E-state index >= 15 is 0 Å². The molecule has 104 valence electrons.